The average molecular weight is 961 g/mol. The zero-order valence-electron chi connectivity index (χ0n) is 41.4. The second kappa shape index (κ2) is 17.2. The number of fused-ring (bicyclic) bond motifs is 4. The molecule has 8 heterocycles. The van der Waals surface area contributed by atoms with Crippen LogP contribution in [0.25, 0.3) is 22.3 Å². The Balaban J connectivity index is 0.689. The third-order valence-corrected chi connectivity index (χ3v) is 18.6. The lowest BCUT2D eigenvalue weighted by atomic mass is 9.73. The number of imide groups is 1. The highest BCUT2D eigenvalue weighted by Gasteiger charge is 2.67. The normalized spacial score (nSPS) is 28.6. The molecule has 2 N–H and O–H groups in total. The molecule has 0 radical (unpaired) electrons. The van der Waals surface area contributed by atoms with Crippen molar-refractivity contribution in [3.05, 3.63) is 66.0 Å². The first-order valence-electron chi connectivity index (χ1n) is 27.1. The number of hydrogen-bond acceptors (Lipinski definition) is 10. The van der Waals surface area contributed by atoms with Crippen LogP contribution >= 0.6 is 0 Å². The van der Waals surface area contributed by atoms with E-state index in [2.05, 4.69) is 68.0 Å². The number of likely N-dealkylation sites (tertiary alicyclic amines) is 3. The number of amides is 5. The highest BCUT2D eigenvalue weighted by Crippen LogP contribution is 2.60. The van der Waals surface area contributed by atoms with Gasteiger partial charge in [-0.25, -0.2) is 9.97 Å². The minimum absolute atomic E-state index is 0.0696. The molecule has 6 aliphatic heterocycles. The lowest BCUT2D eigenvalue weighted by Crippen LogP contribution is -2.58. The van der Waals surface area contributed by atoms with Crippen LogP contribution < -0.4 is 20.4 Å². The van der Waals surface area contributed by atoms with E-state index >= 15 is 4.79 Å². The Labute approximate surface area is 416 Å². The van der Waals surface area contributed by atoms with Gasteiger partial charge in [0.05, 0.1) is 34.3 Å². The summed E-state index contributed by atoms with van der Waals surface area (Å²) in [6.07, 6.45) is 14.4. The highest BCUT2D eigenvalue weighted by molar-refractivity contribution is 6.10. The summed E-state index contributed by atoms with van der Waals surface area (Å²) in [7, 11) is 0. The van der Waals surface area contributed by atoms with Crippen molar-refractivity contribution in [2.75, 3.05) is 67.5 Å². The molecule has 5 saturated heterocycles. The topological polar surface area (TPSA) is 156 Å². The standard InChI is InChI=1S/C56H68N10O5/c1-34(2)65-33-57-46-29-45(59-50(49(46)65)58-39-9-10-39)37-8-14-44-47(26-37)66(42-27-41(28-42)61-20-4-3-5-21-61)54(71)55(44)18-24-63(25-19-55)53(70)56-30-38(56)31-64(32-56)52(69)36-16-22-62(23-17-36)40-11-6-35(7-12-40)43-13-15-48(67)60-51(43)68/h6-8,11-12,14,26,29,33-34,36,38-39,41-43H,3-5,9-10,13,15-25,27-28,30-32H2,1-2H3,(H,58,59)(H,60,67,68)/t38-,41-,42+,43?,56-/m0/s1. The number of rotatable bonds is 10. The molecule has 3 atom stereocenters. The number of pyridine rings is 1. The second-order valence-electron chi connectivity index (χ2n) is 23.2. The van der Waals surface area contributed by atoms with Gasteiger partial charge in [0, 0.05) is 92.7 Å². The number of carbonyl (C=O) groups excluding carboxylic acids is 5. The molecule has 4 aromatic rings. The Kier molecular flexibility index (Phi) is 10.9. The molecule has 3 aliphatic carbocycles. The Morgan fingerprint density at radius 3 is 2.31 bits per heavy atom. The van der Waals surface area contributed by atoms with Crippen molar-refractivity contribution in [3.63, 3.8) is 0 Å². The fourth-order valence-corrected chi connectivity index (χ4v) is 14.0. The minimum atomic E-state index is -0.685. The van der Waals surface area contributed by atoms with Crippen molar-refractivity contribution in [1.29, 1.82) is 0 Å². The molecule has 372 valence electrons. The summed E-state index contributed by atoms with van der Waals surface area (Å²) in [5.74, 6) is 0.796. The van der Waals surface area contributed by atoms with Crippen molar-refractivity contribution in [1.82, 2.24) is 34.6 Å². The first-order valence-corrected chi connectivity index (χ1v) is 27.1. The molecule has 5 amide bonds. The predicted octanol–water partition coefficient (Wildman–Crippen LogP) is 6.76. The van der Waals surface area contributed by atoms with E-state index in [1.807, 2.05) is 40.4 Å². The molecule has 15 nitrogen and oxygen atoms in total. The number of benzene rings is 2. The molecule has 3 saturated carbocycles. The maximum absolute atomic E-state index is 15.3. The minimum Gasteiger partial charge on any atom is -0.371 e. The highest BCUT2D eigenvalue weighted by atomic mass is 16.2. The second-order valence-corrected chi connectivity index (χ2v) is 23.2. The third-order valence-electron chi connectivity index (χ3n) is 18.6. The smallest absolute Gasteiger partial charge is 0.238 e. The van der Waals surface area contributed by atoms with Crippen molar-refractivity contribution in [2.45, 2.75) is 139 Å². The van der Waals surface area contributed by atoms with Crippen molar-refractivity contribution >= 4 is 57.8 Å². The van der Waals surface area contributed by atoms with Crippen LogP contribution in [0.1, 0.15) is 127 Å². The van der Waals surface area contributed by atoms with Gasteiger partial charge in [0.15, 0.2) is 5.82 Å². The number of hydrogen-bond donors (Lipinski definition) is 2. The van der Waals surface area contributed by atoms with Gasteiger partial charge in [0.2, 0.25) is 29.5 Å². The number of aromatic nitrogens is 3. The molecule has 2 aromatic carbocycles. The Morgan fingerprint density at radius 2 is 1.59 bits per heavy atom. The molecule has 9 aliphatic rings. The number of piperidine rings is 5. The summed E-state index contributed by atoms with van der Waals surface area (Å²) in [6, 6.07) is 18.1. The number of nitrogens with zero attached hydrogens (tertiary/aromatic N) is 8. The van der Waals surface area contributed by atoms with E-state index in [1.54, 1.807) is 0 Å². The first-order chi connectivity index (χ1) is 34.5. The summed E-state index contributed by atoms with van der Waals surface area (Å²) < 4.78 is 2.20. The third kappa shape index (κ3) is 7.64. The summed E-state index contributed by atoms with van der Waals surface area (Å²) >= 11 is 0. The van der Waals surface area contributed by atoms with Gasteiger partial charge < -0.3 is 34.4 Å². The molecule has 71 heavy (non-hydrogen) atoms. The molecule has 1 spiro atoms. The fourth-order valence-electron chi connectivity index (χ4n) is 14.0. The molecule has 2 aromatic heterocycles. The molecular weight excluding hydrogens is 893 g/mol. The molecule has 15 heteroatoms. The van der Waals surface area contributed by atoms with E-state index in [4.69, 9.17) is 9.97 Å². The van der Waals surface area contributed by atoms with E-state index < -0.39 is 10.8 Å². The van der Waals surface area contributed by atoms with Crippen LogP contribution in [0.5, 0.6) is 0 Å². The Hall–Kier alpha value is -5.83. The number of anilines is 3. The van der Waals surface area contributed by atoms with Gasteiger partial charge in [-0.05, 0) is 145 Å². The van der Waals surface area contributed by atoms with E-state index in [0.717, 1.165) is 122 Å². The SMILES string of the molecule is CC(C)n1cnc2cc(-c3ccc4c(c3)N([C@H]3C[C@@H](N5CCCCC5)C3)C(=O)C43CCN(C(=O)[C@]45C[C@H]4CN(C(=O)C4CCN(c6ccc(C7CCC(=O)NC7=O)cc6)CC4)C5)CC3)nc(NC3CC3)c21. The lowest BCUT2D eigenvalue weighted by Gasteiger charge is -2.48. The number of imidazole rings is 1. The van der Waals surface area contributed by atoms with Crippen LogP contribution in [0.15, 0.2) is 54.9 Å². The molecule has 13 rings (SSSR count). The predicted molar refractivity (Wildman–Crippen MR) is 271 cm³/mol. The maximum Gasteiger partial charge on any atom is 0.238 e. The Bertz CT molecular complexity index is 2810. The summed E-state index contributed by atoms with van der Waals surface area (Å²) in [5, 5.41) is 6.17. The average Bonchev–Trinajstić information content (AvgIpc) is 4.22. The zero-order chi connectivity index (χ0) is 48.3. The first kappa shape index (κ1) is 45.1. The lowest BCUT2D eigenvalue weighted by molar-refractivity contribution is -0.142. The van der Waals surface area contributed by atoms with Crippen LogP contribution in [-0.2, 0) is 29.4 Å². The number of nitrogens with one attached hydrogen (secondary N) is 2. The number of carbonyl (C=O) groups is 5. The summed E-state index contributed by atoms with van der Waals surface area (Å²) in [6.45, 7) is 10.4. The summed E-state index contributed by atoms with van der Waals surface area (Å²) in [4.78, 5) is 89.4. The molecule has 8 fully saturated rings. The Morgan fingerprint density at radius 1 is 0.831 bits per heavy atom. The van der Waals surface area contributed by atoms with Crippen LogP contribution in [0, 0.1) is 17.3 Å². The largest absolute Gasteiger partial charge is 0.371 e. The van der Waals surface area contributed by atoms with E-state index in [-0.39, 0.29) is 59.4 Å². The van der Waals surface area contributed by atoms with Gasteiger partial charge >= 0.3 is 0 Å². The molecule has 1 unspecified atom stereocenters. The van der Waals surface area contributed by atoms with Gasteiger partial charge in [-0.2, -0.15) is 0 Å². The monoisotopic (exact) mass is 961 g/mol. The van der Waals surface area contributed by atoms with E-state index in [0.29, 0.717) is 63.9 Å². The quantitative estimate of drug-likeness (QED) is 0.163. The van der Waals surface area contributed by atoms with Gasteiger partial charge in [-0.3, -0.25) is 29.3 Å². The molecule has 0 bridgehead atoms. The van der Waals surface area contributed by atoms with Gasteiger partial charge in [0.25, 0.3) is 0 Å². The van der Waals surface area contributed by atoms with E-state index in [9.17, 15) is 19.2 Å². The van der Waals surface area contributed by atoms with Crippen molar-refractivity contribution < 1.29 is 24.0 Å². The van der Waals surface area contributed by atoms with Gasteiger partial charge in [-0.1, -0.05) is 30.7 Å². The van der Waals surface area contributed by atoms with Crippen molar-refractivity contribution in [2.24, 2.45) is 17.3 Å². The molecular formula is C56H68N10O5. The van der Waals surface area contributed by atoms with Crippen LogP contribution in [0.4, 0.5) is 17.2 Å². The van der Waals surface area contributed by atoms with Crippen molar-refractivity contribution in [3.8, 4) is 11.3 Å². The van der Waals surface area contributed by atoms with Crippen LogP contribution in [0.2, 0.25) is 0 Å². The summed E-state index contributed by atoms with van der Waals surface area (Å²) in [5.41, 5.74) is 6.70. The zero-order valence-corrected chi connectivity index (χ0v) is 41.4. The van der Waals surface area contributed by atoms with Gasteiger partial charge in [0.1, 0.15) is 5.52 Å². The fraction of sp³-hybridized carbons (Fsp3) is 0.589. The van der Waals surface area contributed by atoms with Gasteiger partial charge in [-0.15, -0.1) is 0 Å². The maximum atomic E-state index is 15.3. The van der Waals surface area contributed by atoms with E-state index in [1.165, 1.54) is 19.3 Å². The van der Waals surface area contributed by atoms with Crippen LogP contribution in [-0.4, -0.2) is 129 Å². The van der Waals surface area contributed by atoms with Crippen LogP contribution in [0.3, 0.4) is 0 Å².